The fraction of sp³-hybridized carbons (Fsp3) is 0.328. The SMILES string of the molecule is CCN(CC)C(=O)c1ccc(C(=C2CCN(Cc3ccco3)CC2)c2cccc(N)c2)cc1.CCN(CC)C(=O)c1ccc(C(=C2CCN(Cc3ccco3)CC2)c2cccc(NC(=O)OC)c2)cc1. The van der Waals surface area contributed by atoms with Crippen LogP contribution in [0.15, 0.2) is 154 Å². The molecular weight excluding hydrogens is 877 g/mol. The van der Waals surface area contributed by atoms with Gasteiger partial charge in [-0.15, -0.1) is 0 Å². The summed E-state index contributed by atoms with van der Waals surface area (Å²) in [6, 6.07) is 39.8. The first-order valence-corrected chi connectivity index (χ1v) is 24.6. The number of amides is 3. The second-order valence-corrected chi connectivity index (χ2v) is 17.6. The number of piperidine rings is 2. The van der Waals surface area contributed by atoms with Crippen LogP contribution in [0, 0.1) is 0 Å². The molecule has 0 unspecified atom stereocenters. The maximum Gasteiger partial charge on any atom is 0.411 e. The lowest BCUT2D eigenvalue weighted by Gasteiger charge is -2.29. The molecule has 2 aliphatic heterocycles. The zero-order chi connectivity index (χ0) is 49.4. The third-order valence-electron chi connectivity index (χ3n) is 13.2. The van der Waals surface area contributed by atoms with Crippen LogP contribution in [0.1, 0.15) is 108 Å². The maximum absolute atomic E-state index is 12.9. The molecule has 12 heteroatoms. The van der Waals surface area contributed by atoms with Crippen molar-refractivity contribution in [1.29, 1.82) is 0 Å². The molecule has 70 heavy (non-hydrogen) atoms. The maximum atomic E-state index is 12.9. The number of nitrogen functional groups attached to an aromatic ring is 1. The number of anilines is 2. The van der Waals surface area contributed by atoms with Gasteiger partial charge in [-0.1, -0.05) is 59.7 Å². The number of likely N-dealkylation sites (tertiary alicyclic amines) is 2. The minimum absolute atomic E-state index is 0.0428. The highest BCUT2D eigenvalue weighted by Crippen LogP contribution is 2.36. The Morgan fingerprint density at radius 3 is 1.34 bits per heavy atom. The van der Waals surface area contributed by atoms with Gasteiger partial charge in [0.2, 0.25) is 0 Å². The molecular formula is C58H68N6O6. The summed E-state index contributed by atoms with van der Waals surface area (Å²) >= 11 is 0. The molecule has 0 spiro atoms. The van der Waals surface area contributed by atoms with Gasteiger partial charge in [0, 0.05) is 74.9 Å². The molecule has 3 amide bonds. The minimum Gasteiger partial charge on any atom is -0.468 e. The first kappa shape index (κ1) is 50.7. The van der Waals surface area contributed by atoms with Crippen LogP contribution in [0.2, 0.25) is 0 Å². The van der Waals surface area contributed by atoms with Gasteiger partial charge in [-0.25, -0.2) is 4.79 Å². The second-order valence-electron chi connectivity index (χ2n) is 17.6. The number of carbonyl (C=O) groups excluding carboxylic acids is 3. The largest absolute Gasteiger partial charge is 0.468 e. The van der Waals surface area contributed by atoms with Crippen LogP contribution in [0.4, 0.5) is 16.2 Å². The van der Waals surface area contributed by atoms with Crippen molar-refractivity contribution < 1.29 is 28.0 Å². The molecule has 2 aromatic heterocycles. The first-order valence-electron chi connectivity index (χ1n) is 24.6. The van der Waals surface area contributed by atoms with E-state index in [4.69, 9.17) is 19.3 Å². The predicted octanol–water partition coefficient (Wildman–Crippen LogP) is 11.5. The standard InChI is InChI=1S/C30H35N3O4.C28H33N3O2/c1-4-33(5-2)29(34)24-13-11-22(12-14-24)28(25-8-6-9-26(20-25)31-30(35)36-3)23-15-17-32(18-16-23)21-27-10-7-19-37-27;1-3-31(4-2)28(32)23-12-10-21(11-13-23)27(24-7-5-8-25(29)19-24)22-14-16-30(17-15-22)20-26-9-6-18-33-26/h6-14,19-20H,4-5,15-18,21H2,1-3H3,(H,31,35);5-13,18-19H,3-4,14-17,20,29H2,1-2H3. The highest BCUT2D eigenvalue weighted by Gasteiger charge is 2.23. The van der Waals surface area contributed by atoms with E-state index in [0.29, 0.717) is 37.4 Å². The second kappa shape index (κ2) is 24.9. The molecule has 6 aromatic rings. The van der Waals surface area contributed by atoms with E-state index in [-0.39, 0.29) is 11.8 Å². The van der Waals surface area contributed by atoms with E-state index < -0.39 is 6.09 Å². The van der Waals surface area contributed by atoms with Crippen molar-refractivity contribution in [3.05, 3.63) is 190 Å². The summed E-state index contributed by atoms with van der Waals surface area (Å²) in [7, 11) is 1.35. The van der Waals surface area contributed by atoms with E-state index in [9.17, 15) is 14.4 Å². The summed E-state index contributed by atoms with van der Waals surface area (Å²) in [6.45, 7) is 16.3. The third-order valence-corrected chi connectivity index (χ3v) is 13.2. The zero-order valence-corrected chi connectivity index (χ0v) is 41.4. The molecule has 366 valence electrons. The van der Waals surface area contributed by atoms with E-state index >= 15 is 0 Å². The topological polar surface area (TPSA) is 138 Å². The Kier molecular flexibility index (Phi) is 18.1. The van der Waals surface area contributed by atoms with Crippen LogP contribution >= 0.6 is 0 Å². The highest BCUT2D eigenvalue weighted by molar-refractivity contribution is 5.96. The smallest absolute Gasteiger partial charge is 0.411 e. The van der Waals surface area contributed by atoms with Gasteiger partial charge >= 0.3 is 6.09 Å². The van der Waals surface area contributed by atoms with Crippen LogP contribution in [0.5, 0.6) is 0 Å². The molecule has 4 heterocycles. The Morgan fingerprint density at radius 1 is 0.543 bits per heavy atom. The first-order chi connectivity index (χ1) is 34.1. The van der Waals surface area contributed by atoms with Gasteiger partial charge in [0.1, 0.15) is 11.5 Å². The van der Waals surface area contributed by atoms with Gasteiger partial charge in [-0.2, -0.15) is 0 Å². The Labute approximate surface area is 413 Å². The van der Waals surface area contributed by atoms with Crippen molar-refractivity contribution >= 4 is 40.4 Å². The molecule has 0 radical (unpaired) electrons. The van der Waals surface area contributed by atoms with Crippen LogP contribution in [-0.4, -0.2) is 97.0 Å². The minimum atomic E-state index is -0.503. The molecule has 2 aliphatic rings. The molecule has 0 atom stereocenters. The third kappa shape index (κ3) is 13.1. The van der Waals surface area contributed by atoms with Crippen molar-refractivity contribution in [1.82, 2.24) is 19.6 Å². The van der Waals surface area contributed by atoms with Crippen LogP contribution < -0.4 is 11.1 Å². The van der Waals surface area contributed by atoms with E-state index in [1.54, 1.807) is 12.5 Å². The normalized spacial score (nSPS) is 14.0. The average Bonchev–Trinajstić information content (AvgIpc) is 4.12. The number of nitrogens with zero attached hydrogens (tertiary/aromatic N) is 4. The Bertz CT molecular complexity index is 2680. The number of hydrogen-bond donors (Lipinski definition) is 2. The molecule has 2 fully saturated rings. The van der Waals surface area contributed by atoms with E-state index in [0.717, 1.165) is 116 Å². The van der Waals surface area contributed by atoms with Crippen LogP contribution in [-0.2, 0) is 17.8 Å². The quantitative estimate of drug-likeness (QED) is 0.0964. The van der Waals surface area contributed by atoms with Gasteiger partial charge in [0.25, 0.3) is 11.8 Å². The van der Waals surface area contributed by atoms with E-state index in [2.05, 4.69) is 39.4 Å². The predicted molar refractivity (Wildman–Crippen MR) is 279 cm³/mol. The zero-order valence-electron chi connectivity index (χ0n) is 41.4. The number of nitrogens with two attached hydrogens (primary N) is 1. The Morgan fingerprint density at radius 2 is 0.957 bits per heavy atom. The summed E-state index contributed by atoms with van der Waals surface area (Å²) in [5.74, 6) is 2.10. The van der Waals surface area contributed by atoms with E-state index in [1.807, 2.05) is 135 Å². The van der Waals surface area contributed by atoms with Gasteiger partial charge in [-0.3, -0.25) is 24.7 Å². The summed E-state index contributed by atoms with van der Waals surface area (Å²) in [5.41, 5.74) is 18.5. The lowest BCUT2D eigenvalue weighted by Crippen LogP contribution is -2.30. The molecule has 12 nitrogen and oxygen atoms in total. The van der Waals surface area contributed by atoms with Crippen molar-refractivity contribution in [2.75, 3.05) is 70.5 Å². The number of hydrogen-bond acceptors (Lipinski definition) is 9. The fourth-order valence-corrected chi connectivity index (χ4v) is 9.42. The lowest BCUT2D eigenvalue weighted by atomic mass is 9.87. The summed E-state index contributed by atoms with van der Waals surface area (Å²) < 4.78 is 15.8. The molecule has 8 rings (SSSR count). The average molecular weight is 945 g/mol. The van der Waals surface area contributed by atoms with Gasteiger partial charge in [0.05, 0.1) is 32.7 Å². The number of benzene rings is 4. The van der Waals surface area contributed by atoms with Gasteiger partial charge in [0.15, 0.2) is 0 Å². The molecule has 0 aliphatic carbocycles. The molecule has 2 saturated heterocycles. The molecule has 0 bridgehead atoms. The number of furan rings is 2. The molecule has 0 saturated carbocycles. The van der Waals surface area contributed by atoms with Crippen molar-refractivity contribution in [3.8, 4) is 0 Å². The number of carbonyl (C=O) groups is 3. The van der Waals surface area contributed by atoms with Gasteiger partial charge in [-0.05, 0) is 160 Å². The monoisotopic (exact) mass is 945 g/mol. The molecule has 4 aromatic carbocycles. The van der Waals surface area contributed by atoms with Crippen molar-refractivity contribution in [2.45, 2.75) is 66.5 Å². The number of rotatable bonds is 15. The Hall–Kier alpha value is -7.15. The number of ether oxygens (including phenoxy) is 1. The van der Waals surface area contributed by atoms with Crippen molar-refractivity contribution in [3.63, 3.8) is 0 Å². The summed E-state index contributed by atoms with van der Waals surface area (Å²) in [4.78, 5) is 45.9. The Balaban J connectivity index is 0.000000208. The lowest BCUT2D eigenvalue weighted by molar-refractivity contribution is 0.0765. The van der Waals surface area contributed by atoms with Crippen LogP contribution in [0.25, 0.3) is 11.1 Å². The van der Waals surface area contributed by atoms with Crippen molar-refractivity contribution in [2.24, 2.45) is 0 Å². The van der Waals surface area contributed by atoms with E-state index in [1.165, 1.54) is 23.8 Å². The number of methoxy groups -OCH3 is 1. The summed E-state index contributed by atoms with van der Waals surface area (Å²) in [6.07, 6.45) is 6.77. The highest BCUT2D eigenvalue weighted by atomic mass is 16.5. The summed E-state index contributed by atoms with van der Waals surface area (Å²) in [5, 5.41) is 2.77. The molecule has 3 N–H and O–H groups in total. The van der Waals surface area contributed by atoms with Crippen LogP contribution in [0.3, 0.4) is 0 Å². The number of nitrogens with one attached hydrogen (secondary N) is 1. The van der Waals surface area contributed by atoms with Gasteiger partial charge < -0.3 is 29.1 Å². The fourth-order valence-electron chi connectivity index (χ4n) is 9.42.